The summed E-state index contributed by atoms with van der Waals surface area (Å²) in [6.45, 7) is 1.40. The summed E-state index contributed by atoms with van der Waals surface area (Å²) in [5.74, 6) is 0. The molecule has 0 aliphatic heterocycles. The molecule has 0 bridgehead atoms. The smallest absolute Gasteiger partial charge is 0.240 e. The first-order chi connectivity index (χ1) is 4.52. The van der Waals surface area contributed by atoms with Gasteiger partial charge in [-0.25, -0.2) is 4.98 Å². The van der Waals surface area contributed by atoms with Gasteiger partial charge in [0.15, 0.2) is 5.69 Å². The number of aryl methyl sites for hydroxylation is 1. The predicted molar refractivity (Wildman–Crippen MR) is 31.9 cm³/mol. The van der Waals surface area contributed by atoms with Gasteiger partial charge < -0.3 is 0 Å². The summed E-state index contributed by atoms with van der Waals surface area (Å²) < 4.78 is 35.5. The molecule has 0 N–H and O–H groups in total. The zero-order valence-corrected chi connectivity index (χ0v) is 5.88. The Labute approximate surface area is 59.5 Å². The molecule has 0 fully saturated rings. The van der Waals surface area contributed by atoms with E-state index in [4.69, 9.17) is 0 Å². The lowest BCUT2D eigenvalue weighted by molar-refractivity contribution is -0.141. The van der Waals surface area contributed by atoms with Crippen LogP contribution in [0.5, 0.6) is 0 Å². The van der Waals surface area contributed by atoms with Gasteiger partial charge in [0.25, 0.3) is 0 Å². The molecule has 0 unspecified atom stereocenters. The second-order valence-electron chi connectivity index (χ2n) is 1.75. The molecule has 10 heavy (non-hydrogen) atoms. The standard InChI is InChI=1S/C5H4F3NS/c1-3-4(5(6,7)8)9-2-10-3/h2H,1H3. The van der Waals surface area contributed by atoms with Gasteiger partial charge in [0.05, 0.1) is 5.51 Å². The second kappa shape index (κ2) is 2.23. The molecule has 1 nitrogen and oxygen atoms in total. The number of aromatic nitrogens is 1. The molecule has 0 saturated carbocycles. The van der Waals surface area contributed by atoms with Crippen LogP contribution in [0, 0.1) is 6.92 Å². The van der Waals surface area contributed by atoms with Crippen molar-refractivity contribution in [1.29, 1.82) is 0 Å². The summed E-state index contributed by atoms with van der Waals surface area (Å²) in [6.07, 6.45) is -4.29. The van der Waals surface area contributed by atoms with E-state index in [2.05, 4.69) is 4.98 Å². The third kappa shape index (κ3) is 1.29. The fraction of sp³-hybridized carbons (Fsp3) is 0.400. The highest BCUT2D eigenvalue weighted by atomic mass is 32.1. The molecule has 1 rings (SSSR count). The fourth-order valence-corrected chi connectivity index (χ4v) is 1.17. The van der Waals surface area contributed by atoms with Gasteiger partial charge in [0, 0.05) is 4.88 Å². The number of thiazole rings is 1. The minimum absolute atomic E-state index is 0.215. The highest BCUT2D eigenvalue weighted by molar-refractivity contribution is 7.09. The Morgan fingerprint density at radius 3 is 2.30 bits per heavy atom. The number of rotatable bonds is 0. The molecule has 0 spiro atoms. The Morgan fingerprint density at radius 2 is 2.10 bits per heavy atom. The van der Waals surface area contributed by atoms with Gasteiger partial charge in [-0.1, -0.05) is 0 Å². The third-order valence-electron chi connectivity index (χ3n) is 1.01. The molecule has 0 aromatic carbocycles. The van der Waals surface area contributed by atoms with Crippen LogP contribution in [-0.4, -0.2) is 4.98 Å². The summed E-state index contributed by atoms with van der Waals surface area (Å²) in [5.41, 5.74) is 0.426. The number of halogens is 3. The summed E-state index contributed by atoms with van der Waals surface area (Å²) in [4.78, 5) is 3.40. The van der Waals surface area contributed by atoms with Crippen LogP contribution < -0.4 is 0 Å². The molecule has 0 radical (unpaired) electrons. The Bertz CT molecular complexity index is 227. The average Bonchev–Trinajstić information content (AvgIpc) is 2.11. The fourth-order valence-electron chi connectivity index (χ4n) is 0.578. The largest absolute Gasteiger partial charge is 0.434 e. The van der Waals surface area contributed by atoms with Crippen molar-refractivity contribution >= 4 is 11.3 Å². The molecular formula is C5H4F3NS. The van der Waals surface area contributed by atoms with Crippen molar-refractivity contribution in [2.45, 2.75) is 13.1 Å². The molecular weight excluding hydrogens is 163 g/mol. The summed E-state index contributed by atoms with van der Waals surface area (Å²) in [5, 5.41) is 0. The van der Waals surface area contributed by atoms with Crippen molar-refractivity contribution in [2.24, 2.45) is 0 Å². The number of nitrogens with zero attached hydrogens (tertiary/aromatic N) is 1. The molecule has 0 saturated heterocycles. The van der Waals surface area contributed by atoms with Crippen LogP contribution >= 0.6 is 11.3 Å². The molecule has 0 aliphatic rings. The summed E-state index contributed by atoms with van der Waals surface area (Å²) >= 11 is 1.00. The Morgan fingerprint density at radius 1 is 1.50 bits per heavy atom. The van der Waals surface area contributed by atoms with Gasteiger partial charge in [-0.2, -0.15) is 13.2 Å². The van der Waals surface area contributed by atoms with Crippen LogP contribution in [0.3, 0.4) is 0 Å². The molecule has 0 atom stereocenters. The minimum Gasteiger partial charge on any atom is -0.240 e. The van der Waals surface area contributed by atoms with Crippen LogP contribution in [0.15, 0.2) is 5.51 Å². The van der Waals surface area contributed by atoms with E-state index in [1.165, 1.54) is 12.4 Å². The SMILES string of the molecule is Cc1scnc1C(F)(F)F. The maximum Gasteiger partial charge on any atom is 0.434 e. The number of alkyl halides is 3. The van der Waals surface area contributed by atoms with E-state index in [1.54, 1.807) is 0 Å². The molecule has 5 heteroatoms. The Balaban J connectivity index is 3.05. The molecule has 56 valence electrons. The van der Waals surface area contributed by atoms with Gasteiger partial charge in [-0.15, -0.1) is 11.3 Å². The van der Waals surface area contributed by atoms with Crippen molar-refractivity contribution in [3.05, 3.63) is 16.1 Å². The first-order valence-electron chi connectivity index (χ1n) is 2.49. The van der Waals surface area contributed by atoms with Crippen molar-refractivity contribution in [2.75, 3.05) is 0 Å². The Kier molecular flexibility index (Phi) is 1.68. The van der Waals surface area contributed by atoms with E-state index in [1.807, 2.05) is 0 Å². The first kappa shape index (κ1) is 7.53. The van der Waals surface area contributed by atoms with E-state index >= 15 is 0 Å². The van der Waals surface area contributed by atoms with Crippen molar-refractivity contribution in [1.82, 2.24) is 4.98 Å². The van der Waals surface area contributed by atoms with Crippen LogP contribution in [0.4, 0.5) is 13.2 Å². The van der Waals surface area contributed by atoms with E-state index in [0.717, 1.165) is 11.3 Å². The van der Waals surface area contributed by atoms with Crippen molar-refractivity contribution in [3.8, 4) is 0 Å². The average molecular weight is 167 g/mol. The van der Waals surface area contributed by atoms with Gasteiger partial charge in [0.1, 0.15) is 0 Å². The van der Waals surface area contributed by atoms with Gasteiger partial charge in [0.2, 0.25) is 0 Å². The predicted octanol–water partition coefficient (Wildman–Crippen LogP) is 2.47. The zero-order chi connectivity index (χ0) is 7.78. The molecule has 1 aromatic rings. The maximum atomic E-state index is 11.8. The maximum absolute atomic E-state index is 11.8. The highest BCUT2D eigenvalue weighted by Gasteiger charge is 2.34. The topological polar surface area (TPSA) is 12.9 Å². The monoisotopic (exact) mass is 167 g/mol. The number of hydrogen-bond donors (Lipinski definition) is 0. The van der Waals surface area contributed by atoms with Gasteiger partial charge in [-0.05, 0) is 6.92 Å². The lowest BCUT2D eigenvalue weighted by atomic mass is 10.4. The lowest BCUT2D eigenvalue weighted by Crippen LogP contribution is -2.06. The third-order valence-corrected chi connectivity index (χ3v) is 1.77. The van der Waals surface area contributed by atoms with E-state index in [0.29, 0.717) is 0 Å². The molecule has 0 amide bonds. The zero-order valence-electron chi connectivity index (χ0n) is 5.07. The van der Waals surface area contributed by atoms with Gasteiger partial charge in [-0.3, -0.25) is 0 Å². The lowest BCUT2D eigenvalue weighted by Gasteiger charge is -2.01. The van der Waals surface area contributed by atoms with Crippen molar-refractivity contribution < 1.29 is 13.2 Å². The van der Waals surface area contributed by atoms with Crippen LogP contribution in [0.25, 0.3) is 0 Å². The van der Waals surface area contributed by atoms with E-state index in [9.17, 15) is 13.2 Å². The van der Waals surface area contributed by atoms with E-state index < -0.39 is 11.9 Å². The number of hydrogen-bond acceptors (Lipinski definition) is 2. The van der Waals surface area contributed by atoms with Crippen molar-refractivity contribution in [3.63, 3.8) is 0 Å². The van der Waals surface area contributed by atoms with E-state index in [-0.39, 0.29) is 4.88 Å². The minimum atomic E-state index is -4.29. The van der Waals surface area contributed by atoms with Crippen LogP contribution in [0.1, 0.15) is 10.6 Å². The van der Waals surface area contributed by atoms with Crippen LogP contribution in [0.2, 0.25) is 0 Å². The summed E-state index contributed by atoms with van der Waals surface area (Å²) in [7, 11) is 0. The Hall–Kier alpha value is -0.580. The van der Waals surface area contributed by atoms with Crippen LogP contribution in [-0.2, 0) is 6.18 Å². The second-order valence-corrected chi connectivity index (χ2v) is 2.81. The quantitative estimate of drug-likeness (QED) is 0.578. The van der Waals surface area contributed by atoms with Gasteiger partial charge >= 0.3 is 6.18 Å². The molecule has 1 aromatic heterocycles. The normalized spacial score (nSPS) is 12.0. The molecule has 1 heterocycles. The first-order valence-corrected chi connectivity index (χ1v) is 3.37. The summed E-state index contributed by atoms with van der Waals surface area (Å²) in [6, 6.07) is 0. The molecule has 0 aliphatic carbocycles. The highest BCUT2D eigenvalue weighted by Crippen LogP contribution is 2.31.